The number of fused-ring (bicyclic) bond motifs is 1. The average molecular weight is 352 g/mol. The first-order valence-corrected chi connectivity index (χ1v) is 7.81. The summed E-state index contributed by atoms with van der Waals surface area (Å²) in [5, 5.41) is 0.995. The zero-order valence-electron chi connectivity index (χ0n) is 11.9. The summed E-state index contributed by atoms with van der Waals surface area (Å²) in [6.07, 6.45) is 0.588. The number of benzene rings is 1. The standard InChI is InChI=1S/C14H17Cl3N2O2/c1-20-8-9(21-2)7-19-13-6-11(17)10(16)5-12(13)18-14(19)3-4-15/h5-6,9H,3-4,7-8H2,1-2H3. The molecule has 1 unspecified atom stereocenters. The number of halogens is 3. The fourth-order valence-corrected chi connectivity index (χ4v) is 2.72. The van der Waals surface area contributed by atoms with Crippen molar-refractivity contribution in [2.45, 2.75) is 19.1 Å². The molecule has 0 N–H and O–H groups in total. The Morgan fingerprint density at radius 1 is 1.24 bits per heavy atom. The van der Waals surface area contributed by atoms with E-state index in [9.17, 15) is 0 Å². The molecule has 7 heteroatoms. The first-order chi connectivity index (χ1) is 10.1. The number of alkyl halides is 1. The highest BCUT2D eigenvalue weighted by Gasteiger charge is 2.16. The monoisotopic (exact) mass is 350 g/mol. The van der Waals surface area contributed by atoms with Gasteiger partial charge in [-0.05, 0) is 12.1 Å². The molecule has 4 nitrogen and oxygen atoms in total. The average Bonchev–Trinajstić information content (AvgIpc) is 2.77. The van der Waals surface area contributed by atoms with Crippen LogP contribution in [0, 0.1) is 0 Å². The number of aryl methyl sites for hydroxylation is 1. The van der Waals surface area contributed by atoms with Crippen LogP contribution < -0.4 is 0 Å². The van der Waals surface area contributed by atoms with E-state index in [1.165, 1.54) is 0 Å². The lowest BCUT2D eigenvalue weighted by molar-refractivity contribution is 0.0186. The molecule has 0 saturated carbocycles. The van der Waals surface area contributed by atoms with E-state index in [-0.39, 0.29) is 6.10 Å². The minimum absolute atomic E-state index is 0.0732. The molecule has 1 heterocycles. The van der Waals surface area contributed by atoms with Crippen LogP contribution in [0.3, 0.4) is 0 Å². The van der Waals surface area contributed by atoms with Crippen LogP contribution in [0.5, 0.6) is 0 Å². The molecule has 0 radical (unpaired) electrons. The van der Waals surface area contributed by atoms with Crippen LogP contribution >= 0.6 is 34.8 Å². The molecule has 2 rings (SSSR count). The third-order valence-corrected chi connectivity index (χ3v) is 4.17. The van der Waals surface area contributed by atoms with Gasteiger partial charge in [0.25, 0.3) is 0 Å². The van der Waals surface area contributed by atoms with Crippen LogP contribution in [-0.4, -0.2) is 42.4 Å². The zero-order valence-corrected chi connectivity index (χ0v) is 14.2. The summed E-state index contributed by atoms with van der Waals surface area (Å²) in [6, 6.07) is 3.59. The summed E-state index contributed by atoms with van der Waals surface area (Å²) >= 11 is 18.0. The fourth-order valence-electron chi connectivity index (χ4n) is 2.23. The van der Waals surface area contributed by atoms with Gasteiger partial charge in [0.15, 0.2) is 0 Å². The highest BCUT2D eigenvalue weighted by molar-refractivity contribution is 6.42. The van der Waals surface area contributed by atoms with Crippen molar-refractivity contribution < 1.29 is 9.47 Å². The van der Waals surface area contributed by atoms with Crippen molar-refractivity contribution in [3.8, 4) is 0 Å². The van der Waals surface area contributed by atoms with Crippen LogP contribution in [0.1, 0.15) is 5.82 Å². The Hall–Kier alpha value is -0.520. The van der Waals surface area contributed by atoms with Gasteiger partial charge in [-0.3, -0.25) is 0 Å². The summed E-state index contributed by atoms with van der Waals surface area (Å²) in [5.74, 6) is 1.38. The summed E-state index contributed by atoms with van der Waals surface area (Å²) in [7, 11) is 3.31. The van der Waals surface area contributed by atoms with Gasteiger partial charge < -0.3 is 14.0 Å². The van der Waals surface area contributed by atoms with E-state index in [0.29, 0.717) is 35.5 Å². The Morgan fingerprint density at radius 3 is 2.57 bits per heavy atom. The van der Waals surface area contributed by atoms with E-state index in [4.69, 9.17) is 44.3 Å². The van der Waals surface area contributed by atoms with Crippen LogP contribution in [0.4, 0.5) is 0 Å². The van der Waals surface area contributed by atoms with E-state index in [1.807, 2.05) is 6.07 Å². The number of aromatic nitrogens is 2. The second-order valence-electron chi connectivity index (χ2n) is 4.65. The molecule has 0 saturated heterocycles. The van der Waals surface area contributed by atoms with Crippen LogP contribution in [-0.2, 0) is 22.4 Å². The molecule has 21 heavy (non-hydrogen) atoms. The van der Waals surface area contributed by atoms with Crippen molar-refractivity contribution in [1.82, 2.24) is 9.55 Å². The second kappa shape index (κ2) is 7.65. The fraction of sp³-hybridized carbons (Fsp3) is 0.500. The minimum Gasteiger partial charge on any atom is -0.382 e. The Balaban J connectivity index is 2.46. The summed E-state index contributed by atoms with van der Waals surface area (Å²) in [6.45, 7) is 1.11. The molecular weight excluding hydrogens is 335 g/mol. The highest BCUT2D eigenvalue weighted by Crippen LogP contribution is 2.29. The summed E-state index contributed by atoms with van der Waals surface area (Å²) < 4.78 is 12.7. The SMILES string of the molecule is COCC(Cn1c(CCCl)nc2cc(Cl)c(Cl)cc21)OC. The molecule has 0 spiro atoms. The van der Waals surface area contributed by atoms with Crippen LogP contribution in [0.2, 0.25) is 10.0 Å². The van der Waals surface area contributed by atoms with Gasteiger partial charge in [-0.2, -0.15) is 0 Å². The summed E-state index contributed by atoms with van der Waals surface area (Å²) in [4.78, 5) is 4.59. The number of rotatable bonds is 7. The lowest BCUT2D eigenvalue weighted by Gasteiger charge is -2.17. The number of imidazole rings is 1. The normalized spacial score (nSPS) is 13.0. The predicted molar refractivity (Wildman–Crippen MR) is 86.9 cm³/mol. The highest BCUT2D eigenvalue weighted by atomic mass is 35.5. The third kappa shape index (κ3) is 3.82. The van der Waals surface area contributed by atoms with Gasteiger partial charge in [0.2, 0.25) is 0 Å². The topological polar surface area (TPSA) is 36.3 Å². The Bertz CT molecular complexity index is 616. The molecule has 0 aliphatic carbocycles. The first kappa shape index (κ1) is 16.8. The smallest absolute Gasteiger partial charge is 0.111 e. The van der Waals surface area contributed by atoms with Crippen LogP contribution in [0.25, 0.3) is 11.0 Å². The van der Waals surface area contributed by atoms with Gasteiger partial charge in [-0.25, -0.2) is 4.98 Å². The number of hydrogen-bond donors (Lipinski definition) is 0. The van der Waals surface area contributed by atoms with Gasteiger partial charge in [0, 0.05) is 26.5 Å². The molecule has 0 aliphatic heterocycles. The van der Waals surface area contributed by atoms with E-state index in [1.54, 1.807) is 20.3 Å². The zero-order chi connectivity index (χ0) is 15.4. The van der Waals surface area contributed by atoms with Crippen molar-refractivity contribution in [3.05, 3.63) is 28.0 Å². The molecule has 1 aromatic carbocycles. The van der Waals surface area contributed by atoms with Crippen molar-refractivity contribution in [2.24, 2.45) is 0 Å². The number of nitrogens with zero attached hydrogens (tertiary/aromatic N) is 2. The number of hydrogen-bond acceptors (Lipinski definition) is 3. The van der Waals surface area contributed by atoms with Crippen molar-refractivity contribution in [1.29, 1.82) is 0 Å². The van der Waals surface area contributed by atoms with Gasteiger partial charge in [-0.15, -0.1) is 11.6 Å². The molecule has 1 atom stereocenters. The maximum atomic E-state index is 6.12. The van der Waals surface area contributed by atoms with Gasteiger partial charge >= 0.3 is 0 Å². The minimum atomic E-state index is -0.0732. The maximum Gasteiger partial charge on any atom is 0.111 e. The van der Waals surface area contributed by atoms with Crippen molar-refractivity contribution >= 4 is 45.8 Å². The maximum absolute atomic E-state index is 6.12. The number of methoxy groups -OCH3 is 2. The predicted octanol–water partition coefficient (Wildman–Crippen LogP) is 3.79. The molecule has 0 aliphatic rings. The van der Waals surface area contributed by atoms with Crippen LogP contribution in [0.15, 0.2) is 12.1 Å². The van der Waals surface area contributed by atoms with E-state index < -0.39 is 0 Å². The van der Waals surface area contributed by atoms with Gasteiger partial charge in [0.1, 0.15) is 5.82 Å². The molecular formula is C14H17Cl3N2O2. The molecule has 0 fully saturated rings. The van der Waals surface area contributed by atoms with E-state index >= 15 is 0 Å². The van der Waals surface area contributed by atoms with E-state index in [2.05, 4.69) is 9.55 Å². The third-order valence-electron chi connectivity index (χ3n) is 3.26. The quantitative estimate of drug-likeness (QED) is 0.712. The Labute approximate surface area is 138 Å². The molecule has 1 aromatic heterocycles. The van der Waals surface area contributed by atoms with Crippen molar-refractivity contribution in [2.75, 3.05) is 26.7 Å². The summed E-state index contributed by atoms with van der Waals surface area (Å²) in [5.41, 5.74) is 1.72. The number of ether oxygens (including phenoxy) is 2. The van der Waals surface area contributed by atoms with Gasteiger partial charge in [-0.1, -0.05) is 23.2 Å². The molecule has 0 bridgehead atoms. The van der Waals surface area contributed by atoms with E-state index in [0.717, 1.165) is 16.9 Å². The molecule has 2 aromatic rings. The van der Waals surface area contributed by atoms with Crippen molar-refractivity contribution in [3.63, 3.8) is 0 Å². The lowest BCUT2D eigenvalue weighted by atomic mass is 10.3. The van der Waals surface area contributed by atoms with Gasteiger partial charge in [0.05, 0.1) is 40.3 Å². The Kier molecular flexibility index (Phi) is 6.14. The largest absolute Gasteiger partial charge is 0.382 e. The molecule has 116 valence electrons. The lowest BCUT2D eigenvalue weighted by Crippen LogP contribution is -2.24. The molecule has 0 amide bonds. The first-order valence-electron chi connectivity index (χ1n) is 6.52. The Morgan fingerprint density at radius 2 is 1.95 bits per heavy atom. The second-order valence-corrected chi connectivity index (χ2v) is 5.84.